The van der Waals surface area contributed by atoms with Gasteiger partial charge in [-0.05, 0) is 55.7 Å². The van der Waals surface area contributed by atoms with Crippen molar-refractivity contribution in [2.75, 3.05) is 13.7 Å². The van der Waals surface area contributed by atoms with E-state index in [1.807, 2.05) is 25.1 Å². The van der Waals surface area contributed by atoms with Crippen molar-refractivity contribution in [3.8, 4) is 11.5 Å². The van der Waals surface area contributed by atoms with Crippen molar-refractivity contribution in [1.29, 1.82) is 0 Å². The van der Waals surface area contributed by atoms with Crippen LogP contribution < -0.4 is 9.47 Å². The number of aromatic amines is 1. The molecular formula is C17H24N4O2S. The molecule has 0 saturated carbocycles. The predicted molar refractivity (Wildman–Crippen MR) is 97.9 cm³/mol. The molecule has 0 radical (unpaired) electrons. The largest absolute Gasteiger partial charge is 0.493 e. The molecule has 24 heavy (non-hydrogen) atoms. The standard InChI is InChI=1S/C17H24N4O2S/c1-5-13(6-2)16-19-20-17(24)21(16)18-11-12-8-9-14(22-4)15(10-12)23-7-3/h8-11,13H,5-7H2,1-4H3,(H,20,24)/b18-11-. The maximum absolute atomic E-state index is 5.59. The summed E-state index contributed by atoms with van der Waals surface area (Å²) in [4.78, 5) is 0. The van der Waals surface area contributed by atoms with Crippen LogP contribution in [0.3, 0.4) is 0 Å². The maximum atomic E-state index is 5.59. The zero-order chi connectivity index (χ0) is 17.5. The molecule has 0 aliphatic carbocycles. The van der Waals surface area contributed by atoms with Crippen LogP contribution in [0.1, 0.15) is 50.9 Å². The Kier molecular flexibility index (Phi) is 6.54. The molecule has 0 atom stereocenters. The van der Waals surface area contributed by atoms with Crippen molar-refractivity contribution in [1.82, 2.24) is 14.9 Å². The summed E-state index contributed by atoms with van der Waals surface area (Å²) in [6.45, 7) is 6.78. The third kappa shape index (κ3) is 4.03. The van der Waals surface area contributed by atoms with E-state index in [2.05, 4.69) is 29.1 Å². The number of benzene rings is 1. The second-order valence-corrected chi connectivity index (χ2v) is 5.69. The molecule has 6 nitrogen and oxygen atoms in total. The smallest absolute Gasteiger partial charge is 0.216 e. The van der Waals surface area contributed by atoms with Crippen LogP contribution in [0, 0.1) is 4.77 Å². The number of nitrogens with zero attached hydrogens (tertiary/aromatic N) is 3. The molecule has 0 spiro atoms. The van der Waals surface area contributed by atoms with E-state index in [1.54, 1.807) is 18.0 Å². The molecule has 1 heterocycles. The van der Waals surface area contributed by atoms with E-state index < -0.39 is 0 Å². The van der Waals surface area contributed by atoms with Gasteiger partial charge < -0.3 is 9.47 Å². The van der Waals surface area contributed by atoms with Gasteiger partial charge in [0.1, 0.15) is 0 Å². The van der Waals surface area contributed by atoms with Gasteiger partial charge in [0.25, 0.3) is 0 Å². The lowest BCUT2D eigenvalue weighted by Gasteiger charge is -2.11. The summed E-state index contributed by atoms with van der Waals surface area (Å²) < 4.78 is 13.1. The molecule has 0 aliphatic heterocycles. The van der Waals surface area contributed by atoms with Crippen LogP contribution in [0.15, 0.2) is 23.3 Å². The van der Waals surface area contributed by atoms with E-state index >= 15 is 0 Å². The van der Waals surface area contributed by atoms with Crippen molar-refractivity contribution in [2.45, 2.75) is 39.5 Å². The molecule has 130 valence electrons. The summed E-state index contributed by atoms with van der Waals surface area (Å²) >= 11 is 5.30. The molecule has 7 heteroatoms. The van der Waals surface area contributed by atoms with Gasteiger partial charge in [0, 0.05) is 5.92 Å². The molecule has 0 aliphatic rings. The van der Waals surface area contributed by atoms with Crippen LogP contribution >= 0.6 is 12.2 Å². The number of rotatable bonds is 8. The summed E-state index contributed by atoms with van der Waals surface area (Å²) in [6.07, 6.45) is 3.73. The quantitative estimate of drug-likeness (QED) is 0.575. The number of hydrogen-bond acceptors (Lipinski definition) is 5. The highest BCUT2D eigenvalue weighted by atomic mass is 32.1. The van der Waals surface area contributed by atoms with Crippen molar-refractivity contribution in [3.05, 3.63) is 34.4 Å². The Hall–Kier alpha value is -2.15. The first-order valence-corrected chi connectivity index (χ1v) is 8.57. The minimum Gasteiger partial charge on any atom is -0.493 e. The third-order valence-corrected chi connectivity index (χ3v) is 4.10. The molecular weight excluding hydrogens is 324 g/mol. The van der Waals surface area contributed by atoms with Crippen LogP contribution in [0.25, 0.3) is 0 Å². The van der Waals surface area contributed by atoms with Gasteiger partial charge in [-0.2, -0.15) is 14.9 Å². The number of H-pyrrole nitrogens is 1. The highest BCUT2D eigenvalue weighted by Crippen LogP contribution is 2.27. The molecule has 2 rings (SSSR count). The molecule has 2 aromatic rings. The minimum absolute atomic E-state index is 0.324. The van der Waals surface area contributed by atoms with E-state index in [4.69, 9.17) is 21.7 Å². The van der Waals surface area contributed by atoms with Gasteiger partial charge >= 0.3 is 0 Å². The van der Waals surface area contributed by atoms with Crippen molar-refractivity contribution in [2.24, 2.45) is 5.10 Å². The van der Waals surface area contributed by atoms with Crippen molar-refractivity contribution < 1.29 is 9.47 Å². The normalized spacial score (nSPS) is 11.4. The number of aromatic nitrogens is 3. The Bertz CT molecular complexity index is 747. The van der Waals surface area contributed by atoms with Gasteiger partial charge in [-0.1, -0.05) is 13.8 Å². The van der Waals surface area contributed by atoms with Gasteiger partial charge in [-0.3, -0.25) is 5.10 Å². The van der Waals surface area contributed by atoms with Gasteiger partial charge in [0.05, 0.1) is 19.9 Å². The van der Waals surface area contributed by atoms with E-state index in [0.29, 0.717) is 28.8 Å². The Balaban J connectivity index is 2.33. The Morgan fingerprint density at radius 1 is 1.29 bits per heavy atom. The Morgan fingerprint density at radius 2 is 2.04 bits per heavy atom. The second kappa shape index (κ2) is 8.63. The monoisotopic (exact) mass is 348 g/mol. The second-order valence-electron chi connectivity index (χ2n) is 5.30. The number of nitrogens with one attached hydrogen (secondary N) is 1. The lowest BCUT2D eigenvalue weighted by molar-refractivity contribution is 0.311. The first-order valence-electron chi connectivity index (χ1n) is 8.17. The average Bonchev–Trinajstić information content (AvgIpc) is 2.95. The van der Waals surface area contributed by atoms with E-state index in [0.717, 1.165) is 24.2 Å². The van der Waals surface area contributed by atoms with E-state index in [1.165, 1.54) is 0 Å². The van der Waals surface area contributed by atoms with Crippen LogP contribution in [0.2, 0.25) is 0 Å². The van der Waals surface area contributed by atoms with Crippen molar-refractivity contribution in [3.63, 3.8) is 0 Å². The average molecular weight is 348 g/mol. The van der Waals surface area contributed by atoms with E-state index in [-0.39, 0.29) is 0 Å². The molecule has 0 amide bonds. The van der Waals surface area contributed by atoms with Crippen LogP contribution in [0.4, 0.5) is 0 Å². The minimum atomic E-state index is 0.324. The van der Waals surface area contributed by atoms with Crippen LogP contribution in [0.5, 0.6) is 11.5 Å². The van der Waals surface area contributed by atoms with Crippen LogP contribution in [-0.4, -0.2) is 34.8 Å². The van der Waals surface area contributed by atoms with E-state index in [9.17, 15) is 0 Å². The third-order valence-electron chi connectivity index (χ3n) is 3.84. The SMILES string of the molecule is CCOc1cc(/C=N\n2c(C(CC)CC)n[nH]c2=S)ccc1OC. The first kappa shape index (κ1) is 18.2. The predicted octanol–water partition coefficient (Wildman–Crippen LogP) is 4.13. The molecule has 0 saturated heterocycles. The molecule has 0 bridgehead atoms. The fraction of sp³-hybridized carbons (Fsp3) is 0.471. The Labute approximate surface area is 147 Å². The van der Waals surface area contributed by atoms with Gasteiger partial charge in [0.2, 0.25) is 4.77 Å². The topological polar surface area (TPSA) is 64.4 Å². The fourth-order valence-electron chi connectivity index (χ4n) is 2.50. The highest BCUT2D eigenvalue weighted by Gasteiger charge is 2.15. The molecule has 1 aromatic carbocycles. The lowest BCUT2D eigenvalue weighted by Crippen LogP contribution is -2.05. The molecule has 0 fully saturated rings. The molecule has 0 unspecified atom stereocenters. The summed E-state index contributed by atoms with van der Waals surface area (Å²) in [5.41, 5.74) is 0.901. The van der Waals surface area contributed by atoms with Gasteiger partial charge in [0.15, 0.2) is 17.3 Å². The van der Waals surface area contributed by atoms with Crippen molar-refractivity contribution >= 4 is 18.4 Å². The Morgan fingerprint density at radius 3 is 2.67 bits per heavy atom. The number of hydrogen-bond donors (Lipinski definition) is 1. The zero-order valence-corrected chi connectivity index (χ0v) is 15.4. The number of ether oxygens (including phenoxy) is 2. The zero-order valence-electron chi connectivity index (χ0n) is 14.6. The highest BCUT2D eigenvalue weighted by molar-refractivity contribution is 7.71. The molecule has 1 N–H and O–H groups in total. The summed E-state index contributed by atoms with van der Waals surface area (Å²) in [7, 11) is 1.62. The maximum Gasteiger partial charge on any atom is 0.216 e. The summed E-state index contributed by atoms with van der Waals surface area (Å²) in [5, 5.41) is 11.7. The fourth-order valence-corrected chi connectivity index (χ4v) is 2.69. The first-order chi connectivity index (χ1) is 11.6. The number of methoxy groups -OCH3 is 1. The van der Waals surface area contributed by atoms with Gasteiger partial charge in [-0.15, -0.1) is 0 Å². The van der Waals surface area contributed by atoms with Gasteiger partial charge in [-0.25, -0.2) is 0 Å². The molecule has 1 aromatic heterocycles. The lowest BCUT2D eigenvalue weighted by atomic mass is 10.0. The van der Waals surface area contributed by atoms with Crippen LogP contribution in [-0.2, 0) is 0 Å². The summed E-state index contributed by atoms with van der Waals surface area (Å²) in [5.74, 6) is 2.58. The summed E-state index contributed by atoms with van der Waals surface area (Å²) in [6, 6.07) is 5.68.